The van der Waals surface area contributed by atoms with E-state index in [0.717, 1.165) is 24.9 Å². The Kier molecular flexibility index (Phi) is 8.73. The summed E-state index contributed by atoms with van der Waals surface area (Å²) >= 11 is 6.03. The molecule has 1 aromatic carbocycles. The molecule has 2 fully saturated rings. The Hall–Kier alpha value is -1.97. The summed E-state index contributed by atoms with van der Waals surface area (Å²) in [4.78, 5) is 19.7. The third kappa shape index (κ3) is 6.47. The Balaban J connectivity index is 1.51. The van der Waals surface area contributed by atoms with Gasteiger partial charge in [-0.25, -0.2) is 18.1 Å². The quantitative estimate of drug-likeness (QED) is 0.522. The van der Waals surface area contributed by atoms with Crippen LogP contribution in [0.5, 0.6) is 0 Å². The summed E-state index contributed by atoms with van der Waals surface area (Å²) in [5.74, 6) is 0.448. The number of carbonyl (C=O) groups excluding carboxylic acids is 1. The van der Waals surface area contributed by atoms with Crippen LogP contribution >= 0.6 is 11.6 Å². The van der Waals surface area contributed by atoms with Gasteiger partial charge in [-0.2, -0.15) is 5.10 Å². The number of halogens is 1. The Bertz CT molecular complexity index is 1090. The highest BCUT2D eigenvalue weighted by molar-refractivity contribution is 7.90. The van der Waals surface area contributed by atoms with Crippen molar-refractivity contribution in [3.63, 3.8) is 0 Å². The maximum atomic E-state index is 13.7. The molecule has 0 spiro atoms. The first-order chi connectivity index (χ1) is 17.2. The number of nitrogens with zero attached hydrogens (tertiary/aromatic N) is 4. The highest BCUT2D eigenvalue weighted by atomic mass is 35.5. The summed E-state index contributed by atoms with van der Waals surface area (Å²) < 4.78 is 30.1. The number of carbonyl (C=O) groups is 1. The third-order valence-electron chi connectivity index (χ3n) is 8.06. The molecule has 2 aliphatic rings. The van der Waals surface area contributed by atoms with E-state index in [1.165, 1.54) is 32.1 Å². The van der Waals surface area contributed by atoms with E-state index in [-0.39, 0.29) is 17.7 Å². The molecule has 1 saturated heterocycles. The highest BCUT2D eigenvalue weighted by Gasteiger charge is 2.44. The summed E-state index contributed by atoms with van der Waals surface area (Å²) in [6, 6.07) is 6.36. The molecule has 1 saturated carbocycles. The van der Waals surface area contributed by atoms with Gasteiger partial charge >= 0.3 is 0 Å². The average molecular weight is 536 g/mol. The SMILES string of the molecule is CC(C)S(=O)(=O)NC(Cc1ccc(Cl)cc1)C(=O)N1CCC(Cn2cncn2)(C2CCCCC2)CC1. The molecular weight excluding hydrogens is 498 g/mol. The molecule has 1 aliphatic heterocycles. The number of amides is 1. The molecule has 10 heteroatoms. The van der Waals surface area contributed by atoms with Crippen molar-refractivity contribution in [2.24, 2.45) is 11.3 Å². The molecule has 198 valence electrons. The van der Waals surface area contributed by atoms with E-state index in [0.29, 0.717) is 24.0 Å². The van der Waals surface area contributed by atoms with Crippen LogP contribution in [0.15, 0.2) is 36.9 Å². The fraction of sp³-hybridized carbons (Fsp3) is 0.654. The zero-order valence-corrected chi connectivity index (χ0v) is 22.8. The number of sulfonamides is 1. The summed E-state index contributed by atoms with van der Waals surface area (Å²) in [5.41, 5.74) is 0.942. The zero-order chi connectivity index (χ0) is 25.8. The van der Waals surface area contributed by atoms with Crippen molar-refractivity contribution in [1.82, 2.24) is 24.4 Å². The van der Waals surface area contributed by atoms with Crippen molar-refractivity contribution in [2.45, 2.75) is 83.1 Å². The van der Waals surface area contributed by atoms with Gasteiger partial charge in [0.25, 0.3) is 0 Å². The van der Waals surface area contributed by atoms with E-state index in [2.05, 4.69) is 14.8 Å². The molecule has 0 bridgehead atoms. The van der Waals surface area contributed by atoms with Crippen molar-refractivity contribution < 1.29 is 13.2 Å². The van der Waals surface area contributed by atoms with Gasteiger partial charge in [0.15, 0.2) is 0 Å². The van der Waals surface area contributed by atoms with Crippen molar-refractivity contribution in [1.29, 1.82) is 0 Å². The molecule has 1 aliphatic carbocycles. The number of piperidine rings is 1. The Morgan fingerprint density at radius 1 is 1.14 bits per heavy atom. The smallest absolute Gasteiger partial charge is 0.241 e. The molecule has 1 atom stereocenters. The summed E-state index contributed by atoms with van der Waals surface area (Å²) in [6.45, 7) is 5.29. The summed E-state index contributed by atoms with van der Waals surface area (Å²) in [7, 11) is -3.63. The summed E-state index contributed by atoms with van der Waals surface area (Å²) in [5, 5.41) is 4.36. The van der Waals surface area contributed by atoms with Gasteiger partial charge in [0.2, 0.25) is 15.9 Å². The topological polar surface area (TPSA) is 97.2 Å². The lowest BCUT2D eigenvalue weighted by atomic mass is 9.63. The number of aromatic nitrogens is 3. The molecule has 36 heavy (non-hydrogen) atoms. The molecule has 1 unspecified atom stereocenters. The Labute approximate surface area is 219 Å². The third-order valence-corrected chi connectivity index (χ3v) is 10.2. The van der Waals surface area contributed by atoms with Crippen molar-refractivity contribution in [2.75, 3.05) is 13.1 Å². The van der Waals surface area contributed by atoms with Crippen LogP contribution in [0.1, 0.15) is 64.4 Å². The molecule has 1 aromatic heterocycles. The van der Waals surface area contributed by atoms with Gasteiger partial charge in [-0.1, -0.05) is 43.0 Å². The van der Waals surface area contributed by atoms with Gasteiger partial charge in [-0.3, -0.25) is 9.48 Å². The first-order valence-electron chi connectivity index (χ1n) is 13.1. The monoisotopic (exact) mass is 535 g/mol. The number of hydrogen-bond donors (Lipinski definition) is 1. The van der Waals surface area contributed by atoms with Gasteiger partial charge in [0, 0.05) is 24.7 Å². The van der Waals surface area contributed by atoms with Crippen molar-refractivity contribution in [3.8, 4) is 0 Å². The van der Waals surface area contributed by atoms with Gasteiger partial charge in [0.05, 0.1) is 5.25 Å². The van der Waals surface area contributed by atoms with Crippen LogP contribution < -0.4 is 4.72 Å². The minimum atomic E-state index is -3.63. The number of nitrogens with one attached hydrogen (secondary N) is 1. The molecule has 1 amide bonds. The fourth-order valence-electron chi connectivity index (χ4n) is 5.81. The highest BCUT2D eigenvalue weighted by Crippen LogP contribution is 2.47. The lowest BCUT2D eigenvalue weighted by Crippen LogP contribution is -2.55. The van der Waals surface area contributed by atoms with Crippen molar-refractivity contribution >= 4 is 27.5 Å². The van der Waals surface area contributed by atoms with Gasteiger partial charge in [0.1, 0.15) is 18.7 Å². The summed E-state index contributed by atoms with van der Waals surface area (Å²) in [6.07, 6.45) is 11.7. The zero-order valence-electron chi connectivity index (χ0n) is 21.3. The lowest BCUT2D eigenvalue weighted by molar-refractivity contribution is -0.136. The van der Waals surface area contributed by atoms with Crippen LogP contribution in [0.25, 0.3) is 0 Å². The van der Waals surface area contributed by atoms with Crippen LogP contribution in [0.2, 0.25) is 5.02 Å². The molecule has 2 heterocycles. The van der Waals surface area contributed by atoms with Gasteiger partial charge in [-0.05, 0) is 75.0 Å². The Morgan fingerprint density at radius 2 is 1.81 bits per heavy atom. The number of rotatable bonds is 9. The van der Waals surface area contributed by atoms with E-state index in [1.807, 2.05) is 21.7 Å². The van der Waals surface area contributed by atoms with E-state index < -0.39 is 21.3 Å². The minimum absolute atomic E-state index is 0.0774. The lowest BCUT2D eigenvalue weighted by Gasteiger charge is -2.48. The Morgan fingerprint density at radius 3 is 2.39 bits per heavy atom. The van der Waals surface area contributed by atoms with E-state index in [1.54, 1.807) is 38.6 Å². The van der Waals surface area contributed by atoms with Crippen LogP contribution in [0, 0.1) is 11.3 Å². The number of hydrogen-bond acceptors (Lipinski definition) is 5. The van der Waals surface area contributed by atoms with Crippen LogP contribution in [-0.4, -0.2) is 58.4 Å². The number of likely N-dealkylation sites (tertiary alicyclic amines) is 1. The first kappa shape index (κ1) is 27.1. The van der Waals surface area contributed by atoms with E-state index in [9.17, 15) is 13.2 Å². The maximum Gasteiger partial charge on any atom is 0.241 e. The molecular formula is C26H38ClN5O3S. The van der Waals surface area contributed by atoms with Gasteiger partial charge in [-0.15, -0.1) is 0 Å². The van der Waals surface area contributed by atoms with E-state index >= 15 is 0 Å². The second-order valence-electron chi connectivity index (χ2n) is 10.7. The predicted molar refractivity (Wildman–Crippen MR) is 141 cm³/mol. The predicted octanol–water partition coefficient (Wildman–Crippen LogP) is 4.06. The minimum Gasteiger partial charge on any atom is -0.341 e. The first-order valence-corrected chi connectivity index (χ1v) is 15.0. The maximum absolute atomic E-state index is 13.7. The normalized spacial score (nSPS) is 19.9. The van der Waals surface area contributed by atoms with Crippen LogP contribution in [0.3, 0.4) is 0 Å². The van der Waals surface area contributed by atoms with Crippen LogP contribution in [-0.2, 0) is 27.8 Å². The largest absolute Gasteiger partial charge is 0.341 e. The number of benzene rings is 1. The molecule has 2 aromatic rings. The van der Waals surface area contributed by atoms with Crippen LogP contribution in [0.4, 0.5) is 0 Å². The standard InChI is InChI=1S/C26H38ClN5O3S/c1-20(2)36(34,35)30-24(16-21-8-10-23(27)11-9-21)25(33)31-14-12-26(13-15-31,17-32-19-28-18-29-32)22-6-4-3-5-7-22/h8-11,18-20,22,24,30H,3-7,12-17H2,1-2H3. The second kappa shape index (κ2) is 11.6. The van der Waals surface area contributed by atoms with Gasteiger partial charge < -0.3 is 4.90 Å². The average Bonchev–Trinajstić information content (AvgIpc) is 3.38. The van der Waals surface area contributed by atoms with Crippen molar-refractivity contribution in [3.05, 3.63) is 47.5 Å². The molecule has 4 rings (SSSR count). The molecule has 1 N–H and O–H groups in total. The van der Waals surface area contributed by atoms with E-state index in [4.69, 9.17) is 11.6 Å². The second-order valence-corrected chi connectivity index (χ2v) is 13.4. The fourth-order valence-corrected chi connectivity index (χ4v) is 6.79. The molecule has 8 nitrogen and oxygen atoms in total. The molecule has 0 radical (unpaired) electrons.